The molecule has 0 bridgehead atoms. The maximum atomic E-state index is 13.3. The Morgan fingerprint density at radius 2 is 1.62 bits per heavy atom. The van der Waals surface area contributed by atoms with Gasteiger partial charge in [0.05, 0.1) is 11.9 Å². The molecule has 186 valence electrons. The number of nitrogens with one attached hydrogen (secondary N) is 1. The van der Waals surface area contributed by atoms with E-state index in [1.54, 1.807) is 6.92 Å². The van der Waals surface area contributed by atoms with Crippen LogP contribution in [0.15, 0.2) is 54.6 Å². The molecule has 34 heavy (non-hydrogen) atoms. The summed E-state index contributed by atoms with van der Waals surface area (Å²) in [6, 6.07) is 13.9. The normalized spacial score (nSPS) is 12.3. The van der Waals surface area contributed by atoms with Crippen molar-refractivity contribution in [1.82, 2.24) is 10.2 Å². The monoisotopic (exact) mass is 491 g/mol. The minimum atomic E-state index is -3.62. The topological polar surface area (TPSA) is 86.8 Å². The van der Waals surface area contributed by atoms with Crippen LogP contribution in [0.25, 0.3) is 0 Å². The van der Waals surface area contributed by atoms with Gasteiger partial charge in [-0.1, -0.05) is 44.2 Å². The number of hydrogen-bond donors (Lipinski definition) is 1. The third kappa shape index (κ3) is 8.44. The first-order valence-electron chi connectivity index (χ1n) is 11.3. The van der Waals surface area contributed by atoms with E-state index in [1.165, 1.54) is 29.2 Å². The van der Waals surface area contributed by atoms with Crippen LogP contribution in [0.4, 0.5) is 10.1 Å². The fourth-order valence-corrected chi connectivity index (χ4v) is 4.39. The summed E-state index contributed by atoms with van der Waals surface area (Å²) in [7, 11) is -3.62. The van der Waals surface area contributed by atoms with E-state index in [0.717, 1.165) is 16.1 Å². The van der Waals surface area contributed by atoms with Gasteiger partial charge in [-0.05, 0) is 49.1 Å². The Hall–Kier alpha value is -2.94. The molecule has 7 nitrogen and oxygen atoms in total. The maximum Gasteiger partial charge on any atom is 0.242 e. The lowest BCUT2D eigenvalue weighted by Crippen LogP contribution is -2.48. The summed E-state index contributed by atoms with van der Waals surface area (Å²) in [6.07, 6.45) is 1.37. The van der Waals surface area contributed by atoms with Crippen molar-refractivity contribution in [3.05, 3.63) is 66.0 Å². The number of amides is 2. The summed E-state index contributed by atoms with van der Waals surface area (Å²) in [5, 5.41) is 2.87. The van der Waals surface area contributed by atoms with E-state index in [1.807, 2.05) is 44.2 Å². The Balaban J connectivity index is 2.12. The minimum Gasteiger partial charge on any atom is -0.354 e. The summed E-state index contributed by atoms with van der Waals surface area (Å²) < 4.78 is 39.0. The number of carbonyl (C=O) groups excluding carboxylic acids is 2. The smallest absolute Gasteiger partial charge is 0.242 e. The summed E-state index contributed by atoms with van der Waals surface area (Å²) >= 11 is 0. The Bertz CT molecular complexity index is 1040. The lowest BCUT2D eigenvalue weighted by Gasteiger charge is -2.29. The summed E-state index contributed by atoms with van der Waals surface area (Å²) in [5.41, 5.74) is 1.22. The average molecular weight is 492 g/mol. The Morgan fingerprint density at radius 3 is 2.18 bits per heavy atom. The molecule has 2 amide bonds. The molecule has 0 aliphatic rings. The molecule has 0 radical (unpaired) electrons. The molecule has 0 aliphatic heterocycles. The number of rotatable bonds is 12. The molecule has 0 aromatic heterocycles. The van der Waals surface area contributed by atoms with Crippen LogP contribution in [0, 0.1) is 11.7 Å². The molecule has 0 heterocycles. The SMILES string of the molecule is CC(C)CNC(=O)C(C)N(Cc1ccccc1)C(=O)CCCN(c1ccc(F)cc1)S(C)(=O)=O. The number of benzene rings is 2. The maximum absolute atomic E-state index is 13.3. The molecule has 2 aromatic rings. The molecule has 2 aromatic carbocycles. The van der Waals surface area contributed by atoms with Crippen molar-refractivity contribution in [3.8, 4) is 0 Å². The molecule has 1 atom stereocenters. The molecular weight excluding hydrogens is 457 g/mol. The van der Waals surface area contributed by atoms with Gasteiger partial charge in [0.1, 0.15) is 11.9 Å². The van der Waals surface area contributed by atoms with Crippen LogP contribution < -0.4 is 9.62 Å². The van der Waals surface area contributed by atoms with Crippen LogP contribution >= 0.6 is 0 Å². The number of sulfonamides is 1. The Labute approximate surface area is 202 Å². The van der Waals surface area contributed by atoms with Crippen LogP contribution in [0.5, 0.6) is 0 Å². The zero-order chi connectivity index (χ0) is 25.3. The van der Waals surface area contributed by atoms with Crippen molar-refractivity contribution in [2.75, 3.05) is 23.7 Å². The highest BCUT2D eigenvalue weighted by Crippen LogP contribution is 2.19. The van der Waals surface area contributed by atoms with E-state index in [2.05, 4.69) is 5.32 Å². The predicted octanol–water partition coefficient (Wildman–Crippen LogP) is 3.56. The van der Waals surface area contributed by atoms with Gasteiger partial charge in [-0.3, -0.25) is 13.9 Å². The van der Waals surface area contributed by atoms with Crippen molar-refractivity contribution >= 4 is 27.5 Å². The average Bonchev–Trinajstić information content (AvgIpc) is 2.78. The highest BCUT2D eigenvalue weighted by Gasteiger charge is 2.26. The largest absolute Gasteiger partial charge is 0.354 e. The second-order valence-corrected chi connectivity index (χ2v) is 10.6. The molecule has 0 aliphatic carbocycles. The molecule has 0 saturated carbocycles. The van der Waals surface area contributed by atoms with Crippen LogP contribution in [-0.2, 0) is 26.2 Å². The van der Waals surface area contributed by atoms with E-state index < -0.39 is 21.9 Å². The number of hydrogen-bond acceptors (Lipinski definition) is 4. The van der Waals surface area contributed by atoms with E-state index in [-0.39, 0.29) is 43.7 Å². The first-order valence-corrected chi connectivity index (χ1v) is 13.2. The summed E-state index contributed by atoms with van der Waals surface area (Å²) in [6.45, 7) is 6.52. The quantitative estimate of drug-likeness (QED) is 0.492. The van der Waals surface area contributed by atoms with Crippen molar-refractivity contribution in [1.29, 1.82) is 0 Å². The zero-order valence-electron chi connectivity index (χ0n) is 20.2. The number of anilines is 1. The molecule has 2 rings (SSSR count). The highest BCUT2D eigenvalue weighted by atomic mass is 32.2. The second-order valence-electron chi connectivity index (χ2n) is 8.74. The molecule has 0 saturated heterocycles. The van der Waals surface area contributed by atoms with E-state index in [0.29, 0.717) is 12.2 Å². The van der Waals surface area contributed by atoms with Crippen molar-refractivity contribution < 1.29 is 22.4 Å². The lowest BCUT2D eigenvalue weighted by molar-refractivity contribution is -0.140. The van der Waals surface area contributed by atoms with Gasteiger partial charge < -0.3 is 10.2 Å². The molecule has 0 spiro atoms. The van der Waals surface area contributed by atoms with Crippen molar-refractivity contribution in [2.45, 2.75) is 46.2 Å². The molecule has 1 N–H and O–H groups in total. The van der Waals surface area contributed by atoms with Gasteiger partial charge in [-0.15, -0.1) is 0 Å². The van der Waals surface area contributed by atoms with Gasteiger partial charge in [0, 0.05) is 26.1 Å². The lowest BCUT2D eigenvalue weighted by atomic mass is 10.1. The van der Waals surface area contributed by atoms with Gasteiger partial charge in [-0.2, -0.15) is 0 Å². The van der Waals surface area contributed by atoms with Gasteiger partial charge >= 0.3 is 0 Å². The van der Waals surface area contributed by atoms with E-state index in [4.69, 9.17) is 0 Å². The standard InChI is InChI=1S/C25H34FN3O4S/c1-19(2)17-27-25(31)20(3)28(18-21-9-6-5-7-10-21)24(30)11-8-16-29(34(4,32)33)23-14-12-22(26)13-15-23/h5-7,9-10,12-15,19-20H,8,11,16-18H2,1-4H3,(H,27,31). The number of nitrogens with zero attached hydrogens (tertiary/aromatic N) is 2. The first kappa shape index (κ1) is 27.3. The van der Waals surface area contributed by atoms with Crippen LogP contribution in [0.3, 0.4) is 0 Å². The second kappa shape index (κ2) is 12.5. The highest BCUT2D eigenvalue weighted by molar-refractivity contribution is 7.92. The van der Waals surface area contributed by atoms with Crippen LogP contribution in [0.2, 0.25) is 0 Å². The summed E-state index contributed by atoms with van der Waals surface area (Å²) in [5.74, 6) is -0.665. The van der Waals surface area contributed by atoms with Crippen LogP contribution in [0.1, 0.15) is 39.2 Å². The minimum absolute atomic E-state index is 0.0574. The molecule has 0 fully saturated rings. The Kier molecular flexibility index (Phi) is 10.0. The van der Waals surface area contributed by atoms with E-state index >= 15 is 0 Å². The van der Waals surface area contributed by atoms with Gasteiger partial charge in [-0.25, -0.2) is 12.8 Å². The fraction of sp³-hybridized carbons (Fsp3) is 0.440. The third-order valence-electron chi connectivity index (χ3n) is 5.31. The number of carbonyl (C=O) groups is 2. The Morgan fingerprint density at radius 1 is 1.00 bits per heavy atom. The van der Waals surface area contributed by atoms with Gasteiger partial charge in [0.2, 0.25) is 21.8 Å². The predicted molar refractivity (Wildman–Crippen MR) is 132 cm³/mol. The molecule has 1 unspecified atom stereocenters. The summed E-state index contributed by atoms with van der Waals surface area (Å²) in [4.78, 5) is 27.4. The van der Waals surface area contributed by atoms with Gasteiger partial charge in [0.15, 0.2) is 0 Å². The van der Waals surface area contributed by atoms with Crippen molar-refractivity contribution in [2.24, 2.45) is 5.92 Å². The zero-order valence-corrected chi connectivity index (χ0v) is 21.0. The van der Waals surface area contributed by atoms with E-state index in [9.17, 15) is 22.4 Å². The molecule has 9 heteroatoms. The number of halogens is 1. The third-order valence-corrected chi connectivity index (χ3v) is 6.51. The van der Waals surface area contributed by atoms with Crippen LogP contribution in [-0.4, -0.2) is 50.5 Å². The van der Waals surface area contributed by atoms with Gasteiger partial charge in [0.25, 0.3) is 0 Å². The van der Waals surface area contributed by atoms with Crippen molar-refractivity contribution in [3.63, 3.8) is 0 Å². The molecular formula is C25H34FN3O4S. The fourth-order valence-electron chi connectivity index (χ4n) is 3.43. The first-order chi connectivity index (χ1) is 16.0.